The van der Waals surface area contributed by atoms with Crippen molar-refractivity contribution < 1.29 is 5.11 Å². The van der Waals surface area contributed by atoms with E-state index < -0.39 is 6.10 Å². The number of rotatable bonds is 6. The second-order valence-electron chi connectivity index (χ2n) is 3.79. The summed E-state index contributed by atoms with van der Waals surface area (Å²) in [5, 5.41) is 20.3. The van der Waals surface area contributed by atoms with Crippen LogP contribution >= 0.6 is 22.7 Å². The Balaban J connectivity index is 1.76. The van der Waals surface area contributed by atoms with E-state index in [-0.39, 0.29) is 0 Å². The average Bonchev–Trinajstić information content (AvgIpc) is 3.00. The Morgan fingerprint density at radius 1 is 1.47 bits per heavy atom. The zero-order valence-corrected chi connectivity index (χ0v) is 11.4. The number of aromatic nitrogens is 1. The van der Waals surface area contributed by atoms with Crippen molar-refractivity contribution in [1.29, 1.82) is 0 Å². The van der Waals surface area contributed by atoms with Crippen molar-refractivity contribution in [1.82, 2.24) is 10.3 Å². The lowest BCUT2D eigenvalue weighted by Gasteiger charge is -2.09. The van der Waals surface area contributed by atoms with Crippen molar-refractivity contribution in [3.05, 3.63) is 38.5 Å². The third kappa shape index (κ3) is 3.61. The zero-order valence-electron chi connectivity index (χ0n) is 9.72. The average molecular weight is 268 g/mol. The van der Waals surface area contributed by atoms with Crippen LogP contribution in [0.3, 0.4) is 0 Å². The summed E-state index contributed by atoms with van der Waals surface area (Å²) < 4.78 is 0. The van der Waals surface area contributed by atoms with E-state index in [1.165, 1.54) is 5.01 Å². The molecule has 0 aliphatic heterocycles. The fraction of sp³-hybridized carbons (Fsp3) is 0.417. The number of thiazole rings is 1. The number of hydrogen-bond acceptors (Lipinski definition) is 5. The first-order chi connectivity index (χ1) is 8.29. The van der Waals surface area contributed by atoms with Crippen molar-refractivity contribution >= 4 is 22.7 Å². The fourth-order valence-electron chi connectivity index (χ4n) is 1.51. The first kappa shape index (κ1) is 12.7. The number of aliphatic hydroxyl groups excluding tert-OH is 1. The molecule has 3 nitrogen and oxygen atoms in total. The lowest BCUT2D eigenvalue weighted by Crippen LogP contribution is -2.20. The van der Waals surface area contributed by atoms with Gasteiger partial charge < -0.3 is 10.4 Å². The number of hydrogen-bond donors (Lipinski definition) is 2. The molecule has 0 bridgehead atoms. The van der Waals surface area contributed by atoms with Gasteiger partial charge in [-0.1, -0.05) is 6.92 Å². The summed E-state index contributed by atoms with van der Waals surface area (Å²) in [7, 11) is 0. The minimum absolute atomic E-state index is 0.425. The predicted octanol–water partition coefficient (Wildman–Crippen LogP) is 2.59. The zero-order chi connectivity index (χ0) is 12.1. The highest BCUT2D eigenvalue weighted by Gasteiger charge is 2.07. The van der Waals surface area contributed by atoms with Crippen LogP contribution in [0.25, 0.3) is 0 Å². The van der Waals surface area contributed by atoms with Crippen LogP contribution in [0.4, 0.5) is 0 Å². The predicted molar refractivity (Wildman–Crippen MR) is 72.5 cm³/mol. The molecule has 1 atom stereocenters. The summed E-state index contributed by atoms with van der Waals surface area (Å²) in [5.74, 6) is 0. The van der Waals surface area contributed by atoms with Crippen LogP contribution in [0, 0.1) is 0 Å². The number of nitrogens with zero attached hydrogens (tertiary/aromatic N) is 1. The van der Waals surface area contributed by atoms with Gasteiger partial charge >= 0.3 is 0 Å². The molecule has 1 unspecified atom stereocenters. The molecule has 0 saturated heterocycles. The standard InChI is InChI=1S/C12H16N2OS2/c1-2-12-14-10(8-17-12)5-13-6-11(15)9-3-4-16-7-9/h3-4,7-8,11,13,15H,2,5-6H2,1H3. The second-order valence-corrected chi connectivity index (χ2v) is 5.51. The Labute approximate surface area is 109 Å². The van der Waals surface area contributed by atoms with Gasteiger partial charge in [0.2, 0.25) is 0 Å². The van der Waals surface area contributed by atoms with Crippen LogP contribution in [0.5, 0.6) is 0 Å². The fourth-order valence-corrected chi connectivity index (χ4v) is 2.96. The van der Waals surface area contributed by atoms with Gasteiger partial charge in [-0.05, 0) is 28.8 Å². The van der Waals surface area contributed by atoms with E-state index in [1.807, 2.05) is 16.8 Å². The molecule has 0 aliphatic carbocycles. The van der Waals surface area contributed by atoms with Crippen LogP contribution in [-0.4, -0.2) is 16.6 Å². The van der Waals surface area contributed by atoms with Crippen molar-refractivity contribution in [2.75, 3.05) is 6.54 Å². The van der Waals surface area contributed by atoms with Crippen molar-refractivity contribution in [3.63, 3.8) is 0 Å². The molecule has 2 N–H and O–H groups in total. The molecule has 2 aromatic heterocycles. The summed E-state index contributed by atoms with van der Waals surface area (Å²) in [5.41, 5.74) is 2.04. The minimum atomic E-state index is -0.425. The number of aliphatic hydroxyl groups is 1. The molecule has 92 valence electrons. The van der Waals surface area contributed by atoms with E-state index >= 15 is 0 Å². The lowest BCUT2D eigenvalue weighted by molar-refractivity contribution is 0.174. The van der Waals surface area contributed by atoms with Crippen LogP contribution < -0.4 is 5.32 Å². The molecule has 5 heteroatoms. The molecule has 0 saturated carbocycles. The van der Waals surface area contributed by atoms with Crippen molar-refractivity contribution in [2.24, 2.45) is 0 Å². The number of thiophene rings is 1. The van der Waals surface area contributed by atoms with Crippen LogP contribution in [0.15, 0.2) is 22.2 Å². The molecule has 2 rings (SSSR count). The van der Waals surface area contributed by atoms with E-state index in [4.69, 9.17) is 0 Å². The van der Waals surface area contributed by atoms with E-state index in [0.29, 0.717) is 6.54 Å². The molecule has 2 heterocycles. The van der Waals surface area contributed by atoms with Gasteiger partial charge in [0, 0.05) is 18.5 Å². The Morgan fingerprint density at radius 3 is 3.00 bits per heavy atom. The van der Waals surface area contributed by atoms with Crippen LogP contribution in [0.1, 0.15) is 29.3 Å². The molecule has 0 fully saturated rings. The quantitative estimate of drug-likeness (QED) is 0.846. The molecule has 0 amide bonds. The highest BCUT2D eigenvalue weighted by atomic mass is 32.1. The lowest BCUT2D eigenvalue weighted by atomic mass is 10.2. The number of nitrogens with one attached hydrogen (secondary N) is 1. The van der Waals surface area contributed by atoms with Crippen LogP contribution in [0.2, 0.25) is 0 Å². The van der Waals surface area contributed by atoms with E-state index in [0.717, 1.165) is 24.2 Å². The second kappa shape index (κ2) is 6.26. The Morgan fingerprint density at radius 2 is 2.35 bits per heavy atom. The maximum absolute atomic E-state index is 9.87. The van der Waals surface area contributed by atoms with Crippen LogP contribution in [-0.2, 0) is 13.0 Å². The van der Waals surface area contributed by atoms with Crippen molar-refractivity contribution in [3.8, 4) is 0 Å². The van der Waals surface area contributed by atoms with Gasteiger partial charge in [0.15, 0.2) is 0 Å². The third-order valence-electron chi connectivity index (χ3n) is 2.47. The van der Waals surface area contributed by atoms with Gasteiger partial charge in [0.1, 0.15) is 0 Å². The first-order valence-corrected chi connectivity index (χ1v) is 7.46. The van der Waals surface area contributed by atoms with Crippen molar-refractivity contribution in [2.45, 2.75) is 26.0 Å². The summed E-state index contributed by atoms with van der Waals surface area (Å²) >= 11 is 3.30. The highest BCUT2D eigenvalue weighted by Crippen LogP contribution is 2.15. The normalized spacial score (nSPS) is 12.8. The Hall–Kier alpha value is -0.750. The summed E-state index contributed by atoms with van der Waals surface area (Å²) in [6.45, 7) is 3.39. The topological polar surface area (TPSA) is 45.2 Å². The smallest absolute Gasteiger partial charge is 0.0926 e. The first-order valence-electron chi connectivity index (χ1n) is 5.63. The van der Waals surface area contributed by atoms with Gasteiger partial charge in [0.05, 0.1) is 16.8 Å². The van der Waals surface area contributed by atoms with E-state index in [1.54, 1.807) is 22.7 Å². The SMILES string of the molecule is CCc1nc(CNCC(O)c2ccsc2)cs1. The summed E-state index contributed by atoms with van der Waals surface area (Å²) in [4.78, 5) is 4.46. The molecule has 2 aromatic rings. The Kier molecular flexibility index (Phi) is 4.67. The van der Waals surface area contributed by atoms with E-state index in [9.17, 15) is 5.11 Å². The Bertz CT molecular complexity index is 439. The largest absolute Gasteiger partial charge is 0.387 e. The molecule has 17 heavy (non-hydrogen) atoms. The summed E-state index contributed by atoms with van der Waals surface area (Å²) in [6.07, 6.45) is 0.563. The molecule has 0 radical (unpaired) electrons. The monoisotopic (exact) mass is 268 g/mol. The molecule has 0 spiro atoms. The summed E-state index contributed by atoms with van der Waals surface area (Å²) in [6, 6.07) is 1.95. The van der Waals surface area contributed by atoms with Gasteiger partial charge in [-0.2, -0.15) is 11.3 Å². The minimum Gasteiger partial charge on any atom is -0.387 e. The maximum atomic E-state index is 9.87. The molecule has 0 aliphatic rings. The van der Waals surface area contributed by atoms with Gasteiger partial charge in [-0.3, -0.25) is 0 Å². The third-order valence-corrected chi connectivity index (χ3v) is 4.22. The highest BCUT2D eigenvalue weighted by molar-refractivity contribution is 7.09. The molecule has 0 aromatic carbocycles. The molecular weight excluding hydrogens is 252 g/mol. The maximum Gasteiger partial charge on any atom is 0.0926 e. The van der Waals surface area contributed by atoms with E-state index in [2.05, 4.69) is 22.6 Å². The molecular formula is C12H16N2OS2. The number of aryl methyl sites for hydroxylation is 1. The van der Waals surface area contributed by atoms with Gasteiger partial charge in [0.25, 0.3) is 0 Å². The van der Waals surface area contributed by atoms with Gasteiger partial charge in [-0.15, -0.1) is 11.3 Å². The van der Waals surface area contributed by atoms with Gasteiger partial charge in [-0.25, -0.2) is 4.98 Å².